The Morgan fingerprint density at radius 1 is 1.42 bits per heavy atom. The van der Waals surface area contributed by atoms with Gasteiger partial charge in [0.2, 0.25) is 0 Å². The number of unbranched alkanes of at least 4 members (excludes halogenated alkanes) is 1. The minimum absolute atomic E-state index is 0.111. The van der Waals surface area contributed by atoms with Gasteiger partial charge in [-0.2, -0.15) is 0 Å². The molecule has 0 saturated carbocycles. The highest BCUT2D eigenvalue weighted by Gasteiger charge is 2.28. The number of piperazine rings is 1. The molecule has 2 N–H and O–H groups in total. The number of urea groups is 1. The van der Waals surface area contributed by atoms with E-state index >= 15 is 0 Å². The maximum atomic E-state index is 12.1. The van der Waals surface area contributed by atoms with Crippen LogP contribution >= 0.6 is 0 Å². The highest BCUT2D eigenvalue weighted by atomic mass is 16.4. The molecule has 1 rings (SSSR count). The summed E-state index contributed by atoms with van der Waals surface area (Å²) in [7, 11) is 2.02. The summed E-state index contributed by atoms with van der Waals surface area (Å²) in [4.78, 5) is 27.1. The van der Waals surface area contributed by atoms with Gasteiger partial charge in [-0.3, -0.25) is 0 Å². The van der Waals surface area contributed by atoms with Crippen LogP contribution in [0.3, 0.4) is 0 Å². The van der Waals surface area contributed by atoms with Gasteiger partial charge in [-0.05, 0) is 20.4 Å². The van der Waals surface area contributed by atoms with Crippen LogP contribution in [0.2, 0.25) is 0 Å². The number of carboxylic acids is 1. The van der Waals surface area contributed by atoms with E-state index in [1.165, 1.54) is 0 Å². The third kappa shape index (κ3) is 4.70. The fraction of sp³-hybridized carbons (Fsp3) is 0.846. The van der Waals surface area contributed by atoms with E-state index in [9.17, 15) is 9.59 Å². The van der Waals surface area contributed by atoms with E-state index in [1.807, 2.05) is 20.9 Å². The highest BCUT2D eigenvalue weighted by Crippen LogP contribution is 2.09. The Morgan fingerprint density at radius 3 is 2.63 bits per heavy atom. The van der Waals surface area contributed by atoms with Crippen LogP contribution in [0, 0.1) is 0 Å². The number of nitrogens with one attached hydrogen (secondary N) is 1. The maximum Gasteiger partial charge on any atom is 0.326 e. The predicted molar refractivity (Wildman–Crippen MR) is 73.1 cm³/mol. The molecule has 0 aliphatic carbocycles. The fourth-order valence-corrected chi connectivity index (χ4v) is 2.34. The first kappa shape index (κ1) is 15.8. The molecular weight excluding hydrogens is 246 g/mol. The van der Waals surface area contributed by atoms with Crippen molar-refractivity contribution in [2.24, 2.45) is 0 Å². The van der Waals surface area contributed by atoms with Crippen LogP contribution in [0.4, 0.5) is 4.79 Å². The van der Waals surface area contributed by atoms with Crippen LogP contribution in [-0.2, 0) is 4.79 Å². The first-order valence-corrected chi connectivity index (χ1v) is 6.94. The van der Waals surface area contributed by atoms with Crippen molar-refractivity contribution in [1.29, 1.82) is 0 Å². The maximum absolute atomic E-state index is 12.1. The van der Waals surface area contributed by atoms with Crippen LogP contribution in [0.15, 0.2) is 0 Å². The number of amides is 2. The second-order valence-corrected chi connectivity index (χ2v) is 5.29. The van der Waals surface area contributed by atoms with Crippen molar-refractivity contribution in [1.82, 2.24) is 15.1 Å². The van der Waals surface area contributed by atoms with Crippen molar-refractivity contribution in [2.45, 2.75) is 45.2 Å². The van der Waals surface area contributed by atoms with Gasteiger partial charge < -0.3 is 20.2 Å². The SMILES string of the molecule is CCCC[C@H](NC(=O)N1CCN(C)CC1C)C(=O)O. The zero-order valence-electron chi connectivity index (χ0n) is 12.1. The molecule has 2 atom stereocenters. The second-order valence-electron chi connectivity index (χ2n) is 5.29. The lowest BCUT2D eigenvalue weighted by molar-refractivity contribution is -0.139. The monoisotopic (exact) mass is 271 g/mol. The van der Waals surface area contributed by atoms with Crippen molar-refractivity contribution in [3.8, 4) is 0 Å². The van der Waals surface area contributed by atoms with E-state index < -0.39 is 12.0 Å². The lowest BCUT2D eigenvalue weighted by Gasteiger charge is -2.38. The van der Waals surface area contributed by atoms with Gasteiger partial charge in [0, 0.05) is 25.7 Å². The Hall–Kier alpha value is -1.30. The summed E-state index contributed by atoms with van der Waals surface area (Å²) in [5.41, 5.74) is 0. The fourth-order valence-electron chi connectivity index (χ4n) is 2.34. The number of nitrogens with zero attached hydrogens (tertiary/aromatic N) is 2. The molecule has 6 heteroatoms. The van der Waals surface area contributed by atoms with Gasteiger partial charge in [0.1, 0.15) is 6.04 Å². The predicted octanol–water partition coefficient (Wildman–Crippen LogP) is 0.975. The zero-order valence-corrected chi connectivity index (χ0v) is 12.1. The van der Waals surface area contributed by atoms with Crippen LogP contribution in [0.5, 0.6) is 0 Å². The summed E-state index contributed by atoms with van der Waals surface area (Å²) >= 11 is 0. The third-order valence-corrected chi connectivity index (χ3v) is 3.53. The Balaban J connectivity index is 2.53. The summed E-state index contributed by atoms with van der Waals surface area (Å²) in [6, 6.07) is -0.928. The van der Waals surface area contributed by atoms with Crippen molar-refractivity contribution in [3.05, 3.63) is 0 Å². The Morgan fingerprint density at radius 2 is 2.11 bits per heavy atom. The second kappa shape index (κ2) is 7.33. The number of hydrogen-bond donors (Lipinski definition) is 2. The zero-order chi connectivity index (χ0) is 14.4. The molecule has 1 aliphatic heterocycles. The highest BCUT2D eigenvalue weighted by molar-refractivity contribution is 5.82. The molecule has 0 aromatic carbocycles. The van der Waals surface area contributed by atoms with Gasteiger partial charge >= 0.3 is 12.0 Å². The first-order valence-electron chi connectivity index (χ1n) is 6.94. The summed E-state index contributed by atoms with van der Waals surface area (Å²) in [6.07, 6.45) is 2.21. The smallest absolute Gasteiger partial charge is 0.326 e. The molecular formula is C13H25N3O3. The van der Waals surface area contributed by atoms with Crippen molar-refractivity contribution in [2.75, 3.05) is 26.7 Å². The average molecular weight is 271 g/mol. The minimum atomic E-state index is -0.955. The van der Waals surface area contributed by atoms with Gasteiger partial charge in [-0.25, -0.2) is 9.59 Å². The molecule has 110 valence electrons. The van der Waals surface area contributed by atoms with Gasteiger partial charge in [0.25, 0.3) is 0 Å². The normalized spacial score (nSPS) is 22.1. The first-order chi connectivity index (χ1) is 8.95. The Bertz CT molecular complexity index is 322. The van der Waals surface area contributed by atoms with E-state index in [4.69, 9.17) is 5.11 Å². The molecule has 1 aliphatic rings. The number of carbonyl (C=O) groups is 2. The third-order valence-electron chi connectivity index (χ3n) is 3.53. The van der Waals surface area contributed by atoms with E-state index in [0.717, 1.165) is 25.9 Å². The molecule has 0 spiro atoms. The molecule has 1 fully saturated rings. The number of carboxylic acid groups (broad SMARTS) is 1. The summed E-state index contributed by atoms with van der Waals surface area (Å²) in [6.45, 7) is 6.27. The van der Waals surface area contributed by atoms with E-state index in [0.29, 0.717) is 13.0 Å². The minimum Gasteiger partial charge on any atom is -0.480 e. The van der Waals surface area contributed by atoms with E-state index in [2.05, 4.69) is 10.2 Å². The standard InChI is InChI=1S/C13H25N3O3/c1-4-5-6-11(12(17)18)14-13(19)16-8-7-15(3)9-10(16)2/h10-11H,4-9H2,1-3H3,(H,14,19)(H,17,18)/t10?,11-/m0/s1. The lowest BCUT2D eigenvalue weighted by Crippen LogP contribution is -2.57. The van der Waals surface area contributed by atoms with Crippen LogP contribution in [0.25, 0.3) is 0 Å². The summed E-state index contributed by atoms with van der Waals surface area (Å²) in [5.74, 6) is -0.955. The molecule has 19 heavy (non-hydrogen) atoms. The van der Waals surface area contributed by atoms with Crippen LogP contribution in [-0.4, -0.2) is 65.7 Å². The van der Waals surface area contributed by atoms with Crippen molar-refractivity contribution >= 4 is 12.0 Å². The van der Waals surface area contributed by atoms with Crippen molar-refractivity contribution in [3.63, 3.8) is 0 Å². The molecule has 1 unspecified atom stereocenters. The van der Waals surface area contributed by atoms with Gasteiger partial charge in [0.05, 0.1) is 0 Å². The number of likely N-dealkylation sites (N-methyl/N-ethyl adjacent to an activating group) is 1. The molecule has 0 aromatic rings. The molecule has 6 nitrogen and oxygen atoms in total. The molecule has 1 heterocycles. The molecule has 1 saturated heterocycles. The number of hydrogen-bond acceptors (Lipinski definition) is 3. The summed E-state index contributed by atoms with van der Waals surface area (Å²) < 4.78 is 0. The lowest BCUT2D eigenvalue weighted by atomic mass is 10.1. The molecule has 0 radical (unpaired) electrons. The average Bonchev–Trinajstić information content (AvgIpc) is 2.33. The van der Waals surface area contributed by atoms with Crippen LogP contribution < -0.4 is 5.32 Å². The Labute approximate surface area is 114 Å². The quantitative estimate of drug-likeness (QED) is 0.781. The van der Waals surface area contributed by atoms with Gasteiger partial charge in [-0.15, -0.1) is 0 Å². The molecule has 0 aromatic heterocycles. The number of aliphatic carboxylic acids is 1. The van der Waals surface area contributed by atoms with E-state index in [-0.39, 0.29) is 12.1 Å². The van der Waals surface area contributed by atoms with Gasteiger partial charge in [0.15, 0.2) is 0 Å². The summed E-state index contributed by atoms with van der Waals surface area (Å²) in [5, 5.41) is 11.7. The number of carbonyl (C=O) groups excluding carboxylic acids is 1. The molecule has 0 bridgehead atoms. The number of rotatable bonds is 5. The van der Waals surface area contributed by atoms with Crippen LogP contribution in [0.1, 0.15) is 33.1 Å². The largest absolute Gasteiger partial charge is 0.480 e. The van der Waals surface area contributed by atoms with E-state index in [1.54, 1.807) is 4.90 Å². The molecule has 2 amide bonds. The van der Waals surface area contributed by atoms with Crippen molar-refractivity contribution < 1.29 is 14.7 Å². The topological polar surface area (TPSA) is 72.9 Å². The Kier molecular flexibility index (Phi) is 6.08. The van der Waals surface area contributed by atoms with Gasteiger partial charge in [-0.1, -0.05) is 19.8 Å².